The summed E-state index contributed by atoms with van der Waals surface area (Å²) in [5.74, 6) is -2.28. The fourth-order valence-electron chi connectivity index (χ4n) is 2.86. The molecule has 2 aromatic rings. The van der Waals surface area contributed by atoms with Crippen LogP contribution in [0.25, 0.3) is 11.0 Å². The van der Waals surface area contributed by atoms with Gasteiger partial charge in [-0.15, -0.1) is 0 Å². The van der Waals surface area contributed by atoms with E-state index in [0.29, 0.717) is 23.3 Å². The van der Waals surface area contributed by atoms with E-state index in [1.807, 2.05) is 0 Å². The van der Waals surface area contributed by atoms with Gasteiger partial charge in [-0.05, 0) is 24.8 Å². The van der Waals surface area contributed by atoms with Gasteiger partial charge >= 0.3 is 0 Å². The van der Waals surface area contributed by atoms with Gasteiger partial charge in [-0.25, -0.2) is 18.7 Å². The van der Waals surface area contributed by atoms with Crippen LogP contribution in [0.15, 0.2) is 24.2 Å². The smallest absolute Gasteiger partial charge is 0.248 e. The Morgan fingerprint density at radius 1 is 1.32 bits per heavy atom. The molecule has 0 spiro atoms. The molecule has 2 heterocycles. The Morgan fingerprint density at radius 2 is 2.04 bits per heavy atom. The highest BCUT2D eigenvalue weighted by molar-refractivity contribution is 5.84. The van der Waals surface area contributed by atoms with Crippen LogP contribution in [-0.4, -0.2) is 27.0 Å². The standard InChI is InChI=1S/C17H15F2N5O/c18-17(19)5-3-13(4-6-17)25-16-14-12(2-1-11(7-20)8-21)9-22-15(14)23-10-24-16/h1,9-10,13H,2-6H2,(H,22,23,24). The first-order chi connectivity index (χ1) is 12.0. The van der Waals surface area contributed by atoms with Crippen LogP contribution < -0.4 is 4.74 Å². The first-order valence-corrected chi connectivity index (χ1v) is 7.88. The van der Waals surface area contributed by atoms with Crippen molar-refractivity contribution in [2.45, 2.75) is 44.1 Å². The van der Waals surface area contributed by atoms with Crippen molar-refractivity contribution in [3.63, 3.8) is 0 Å². The van der Waals surface area contributed by atoms with Crippen LogP contribution in [0.1, 0.15) is 31.2 Å². The average molecular weight is 343 g/mol. The molecule has 2 aromatic heterocycles. The number of ether oxygens (including phenoxy) is 1. The summed E-state index contributed by atoms with van der Waals surface area (Å²) in [6, 6.07) is 3.61. The lowest BCUT2D eigenvalue weighted by molar-refractivity contribution is -0.0586. The molecule has 1 N–H and O–H groups in total. The number of aromatic nitrogens is 3. The van der Waals surface area contributed by atoms with E-state index >= 15 is 0 Å². The molecular weight excluding hydrogens is 328 g/mol. The molecule has 1 aliphatic rings. The summed E-state index contributed by atoms with van der Waals surface area (Å²) in [4.78, 5) is 11.3. The maximum absolute atomic E-state index is 13.3. The molecule has 0 atom stereocenters. The summed E-state index contributed by atoms with van der Waals surface area (Å²) >= 11 is 0. The average Bonchev–Trinajstić information content (AvgIpc) is 3.02. The molecule has 1 aliphatic carbocycles. The van der Waals surface area contributed by atoms with Crippen LogP contribution in [0.2, 0.25) is 0 Å². The largest absolute Gasteiger partial charge is 0.474 e. The molecule has 0 aromatic carbocycles. The Bertz CT molecular complexity index is 865. The molecule has 0 radical (unpaired) electrons. The van der Waals surface area contributed by atoms with Crippen molar-refractivity contribution in [1.29, 1.82) is 10.5 Å². The molecule has 0 bridgehead atoms. The predicted octanol–water partition coefficient (Wildman–Crippen LogP) is 3.43. The Morgan fingerprint density at radius 3 is 2.72 bits per heavy atom. The minimum absolute atomic E-state index is 0.0168. The lowest BCUT2D eigenvalue weighted by Crippen LogP contribution is -2.31. The highest BCUT2D eigenvalue weighted by Crippen LogP contribution is 2.36. The van der Waals surface area contributed by atoms with Crippen molar-refractivity contribution < 1.29 is 13.5 Å². The van der Waals surface area contributed by atoms with E-state index in [0.717, 1.165) is 5.56 Å². The Labute approximate surface area is 142 Å². The molecule has 6 nitrogen and oxygen atoms in total. The number of alkyl halides is 2. The second-order valence-corrected chi connectivity index (χ2v) is 5.94. The molecule has 25 heavy (non-hydrogen) atoms. The van der Waals surface area contributed by atoms with Crippen LogP contribution in [0, 0.1) is 22.7 Å². The number of nitrogens with zero attached hydrogens (tertiary/aromatic N) is 4. The minimum atomic E-state index is -2.62. The van der Waals surface area contributed by atoms with Crippen molar-refractivity contribution >= 4 is 11.0 Å². The number of fused-ring (bicyclic) bond motifs is 1. The van der Waals surface area contributed by atoms with Crippen LogP contribution in [0.5, 0.6) is 5.88 Å². The van der Waals surface area contributed by atoms with Crippen molar-refractivity contribution in [3.05, 3.63) is 29.7 Å². The maximum atomic E-state index is 13.3. The normalized spacial score (nSPS) is 16.8. The Kier molecular flexibility index (Phi) is 4.62. The molecule has 0 aliphatic heterocycles. The third-order valence-electron chi connectivity index (χ3n) is 4.23. The van der Waals surface area contributed by atoms with Gasteiger partial charge in [-0.2, -0.15) is 10.5 Å². The lowest BCUT2D eigenvalue weighted by Gasteiger charge is -2.28. The summed E-state index contributed by atoms with van der Waals surface area (Å²) in [6.07, 6.45) is 4.75. The van der Waals surface area contributed by atoms with Crippen molar-refractivity contribution in [2.24, 2.45) is 0 Å². The van der Waals surface area contributed by atoms with Gasteiger partial charge < -0.3 is 9.72 Å². The number of hydrogen-bond donors (Lipinski definition) is 1. The summed E-state index contributed by atoms with van der Waals surface area (Å²) in [5, 5.41) is 18.3. The monoisotopic (exact) mass is 343 g/mol. The fraction of sp³-hybridized carbons (Fsp3) is 0.412. The number of hydrogen-bond acceptors (Lipinski definition) is 5. The van der Waals surface area contributed by atoms with Gasteiger partial charge in [0.15, 0.2) is 0 Å². The number of allylic oxidation sites excluding steroid dienone is 2. The first-order valence-electron chi connectivity index (χ1n) is 7.88. The number of nitrogens with one attached hydrogen (secondary N) is 1. The third-order valence-corrected chi connectivity index (χ3v) is 4.23. The number of rotatable bonds is 4. The summed E-state index contributed by atoms with van der Waals surface area (Å²) in [7, 11) is 0. The summed E-state index contributed by atoms with van der Waals surface area (Å²) < 4.78 is 32.4. The Balaban J connectivity index is 1.84. The molecular formula is C17H15F2N5O. The predicted molar refractivity (Wildman–Crippen MR) is 84.7 cm³/mol. The first kappa shape index (κ1) is 16.8. The molecule has 0 unspecified atom stereocenters. The topological polar surface area (TPSA) is 98.4 Å². The highest BCUT2D eigenvalue weighted by Gasteiger charge is 2.36. The van der Waals surface area contributed by atoms with E-state index in [2.05, 4.69) is 15.0 Å². The van der Waals surface area contributed by atoms with E-state index in [-0.39, 0.29) is 37.4 Å². The zero-order chi connectivity index (χ0) is 17.9. The van der Waals surface area contributed by atoms with E-state index in [9.17, 15) is 8.78 Å². The third kappa shape index (κ3) is 3.74. The van der Waals surface area contributed by atoms with Gasteiger partial charge in [0.2, 0.25) is 11.8 Å². The second-order valence-electron chi connectivity index (χ2n) is 5.94. The molecule has 1 fully saturated rings. The van der Waals surface area contributed by atoms with Crippen LogP contribution >= 0.6 is 0 Å². The molecule has 0 amide bonds. The fourth-order valence-corrected chi connectivity index (χ4v) is 2.86. The van der Waals surface area contributed by atoms with Crippen LogP contribution in [-0.2, 0) is 6.42 Å². The van der Waals surface area contributed by atoms with E-state index in [1.54, 1.807) is 18.3 Å². The zero-order valence-electron chi connectivity index (χ0n) is 13.3. The van der Waals surface area contributed by atoms with E-state index in [4.69, 9.17) is 15.3 Å². The summed E-state index contributed by atoms with van der Waals surface area (Å²) in [6.45, 7) is 0. The maximum Gasteiger partial charge on any atom is 0.248 e. The molecule has 0 saturated heterocycles. The molecule has 8 heteroatoms. The van der Waals surface area contributed by atoms with Gasteiger partial charge in [0, 0.05) is 19.0 Å². The van der Waals surface area contributed by atoms with Gasteiger partial charge in [-0.3, -0.25) is 0 Å². The Hall–Kier alpha value is -3.00. The van der Waals surface area contributed by atoms with Crippen molar-refractivity contribution in [2.75, 3.05) is 0 Å². The number of aromatic amines is 1. The van der Waals surface area contributed by atoms with Crippen LogP contribution in [0.4, 0.5) is 8.78 Å². The van der Waals surface area contributed by atoms with E-state index < -0.39 is 5.92 Å². The molecule has 3 rings (SSSR count). The quantitative estimate of drug-likeness (QED) is 0.858. The van der Waals surface area contributed by atoms with Gasteiger partial charge in [0.25, 0.3) is 0 Å². The summed E-state index contributed by atoms with van der Waals surface area (Å²) in [5.41, 5.74) is 1.35. The van der Waals surface area contributed by atoms with Gasteiger partial charge in [0.05, 0.1) is 5.39 Å². The van der Waals surface area contributed by atoms with Crippen LogP contribution in [0.3, 0.4) is 0 Å². The van der Waals surface area contributed by atoms with Crippen molar-refractivity contribution in [3.8, 4) is 18.0 Å². The highest BCUT2D eigenvalue weighted by atomic mass is 19.3. The number of halogens is 2. The van der Waals surface area contributed by atoms with Gasteiger partial charge in [-0.1, -0.05) is 6.08 Å². The van der Waals surface area contributed by atoms with Gasteiger partial charge in [0.1, 0.15) is 35.8 Å². The lowest BCUT2D eigenvalue weighted by atomic mass is 9.94. The number of nitriles is 2. The number of H-pyrrole nitrogens is 1. The zero-order valence-corrected chi connectivity index (χ0v) is 13.3. The molecule has 128 valence electrons. The van der Waals surface area contributed by atoms with Crippen molar-refractivity contribution in [1.82, 2.24) is 15.0 Å². The van der Waals surface area contributed by atoms with E-state index in [1.165, 1.54) is 12.4 Å². The SMILES string of the molecule is N#CC(C#N)=CCc1c[nH]c2ncnc(OC3CCC(F)(F)CC3)c12. The minimum Gasteiger partial charge on any atom is -0.474 e. The molecule has 1 saturated carbocycles. The second kappa shape index (κ2) is 6.86.